The lowest BCUT2D eigenvalue weighted by Gasteiger charge is -2.17. The van der Waals surface area contributed by atoms with Crippen LogP contribution in [0, 0.1) is 17.2 Å². The first-order valence-corrected chi connectivity index (χ1v) is 7.24. The number of carbonyl (C=O) groups excluding carboxylic acids is 1. The zero-order valence-electron chi connectivity index (χ0n) is 12.4. The molecule has 0 saturated heterocycles. The molecule has 2 amide bonds. The van der Waals surface area contributed by atoms with Crippen molar-refractivity contribution in [3.63, 3.8) is 0 Å². The Balaban J connectivity index is 0.000000396. The number of rotatable bonds is 3. The zero-order valence-corrected chi connectivity index (χ0v) is 12.4. The molecule has 3 rings (SSSR count). The lowest BCUT2D eigenvalue weighted by Crippen LogP contribution is -2.41. The van der Waals surface area contributed by atoms with Crippen LogP contribution in [0.3, 0.4) is 0 Å². The highest BCUT2D eigenvalue weighted by Crippen LogP contribution is 2.53. The summed E-state index contributed by atoms with van der Waals surface area (Å²) < 4.78 is 0. The number of carboxylic acids is 1. The van der Waals surface area contributed by atoms with Gasteiger partial charge in [0.25, 0.3) is 5.97 Å². The average Bonchev–Trinajstić information content (AvgIpc) is 3.32. The van der Waals surface area contributed by atoms with Crippen LogP contribution in [0.4, 0.5) is 10.5 Å². The van der Waals surface area contributed by atoms with Crippen LogP contribution in [0.15, 0.2) is 24.3 Å². The first-order valence-electron chi connectivity index (χ1n) is 7.24. The third kappa shape index (κ3) is 4.48. The molecular formula is C16H19N3O3. The number of carboxylic acid groups (broad SMARTS) is 1. The summed E-state index contributed by atoms with van der Waals surface area (Å²) in [7, 11) is 0. The van der Waals surface area contributed by atoms with E-state index in [1.165, 1.54) is 12.8 Å². The Morgan fingerprint density at radius 1 is 1.27 bits per heavy atom. The van der Waals surface area contributed by atoms with Gasteiger partial charge in [-0.05, 0) is 55.9 Å². The number of benzene rings is 1. The van der Waals surface area contributed by atoms with Crippen molar-refractivity contribution in [2.24, 2.45) is 5.92 Å². The van der Waals surface area contributed by atoms with Gasteiger partial charge in [-0.15, -0.1) is 0 Å². The van der Waals surface area contributed by atoms with E-state index in [0.29, 0.717) is 11.5 Å². The van der Waals surface area contributed by atoms with Gasteiger partial charge in [0.1, 0.15) is 0 Å². The molecule has 2 aliphatic carbocycles. The van der Waals surface area contributed by atoms with Crippen molar-refractivity contribution in [2.75, 3.05) is 5.32 Å². The molecule has 22 heavy (non-hydrogen) atoms. The van der Waals surface area contributed by atoms with Crippen molar-refractivity contribution in [2.45, 2.75) is 38.1 Å². The van der Waals surface area contributed by atoms with Crippen LogP contribution in [0.1, 0.15) is 38.2 Å². The van der Waals surface area contributed by atoms with Gasteiger partial charge < -0.3 is 15.7 Å². The van der Waals surface area contributed by atoms with Gasteiger partial charge >= 0.3 is 6.03 Å². The number of urea groups is 1. The van der Waals surface area contributed by atoms with Gasteiger partial charge in [-0.25, -0.2) is 4.79 Å². The molecule has 1 aromatic rings. The molecular weight excluding hydrogens is 282 g/mol. The fourth-order valence-corrected chi connectivity index (χ4v) is 2.42. The molecule has 0 aliphatic heterocycles. The Kier molecular flexibility index (Phi) is 4.66. The second-order valence-electron chi connectivity index (χ2n) is 5.72. The third-order valence-corrected chi connectivity index (χ3v) is 3.78. The molecule has 0 spiro atoms. The van der Waals surface area contributed by atoms with Crippen molar-refractivity contribution in [1.82, 2.24) is 5.32 Å². The molecule has 6 nitrogen and oxygen atoms in total. The second kappa shape index (κ2) is 6.48. The lowest BCUT2D eigenvalue weighted by molar-refractivity contribution is -0.134. The maximum Gasteiger partial charge on any atom is 0.319 e. The van der Waals surface area contributed by atoms with E-state index in [9.17, 15) is 4.79 Å². The first kappa shape index (κ1) is 15.8. The fraction of sp³-hybridized carbons (Fsp3) is 0.438. The van der Waals surface area contributed by atoms with Gasteiger partial charge in [0.2, 0.25) is 0 Å². The van der Waals surface area contributed by atoms with E-state index in [0.717, 1.165) is 25.5 Å². The van der Waals surface area contributed by atoms with Crippen LogP contribution in [-0.4, -0.2) is 22.6 Å². The van der Waals surface area contributed by atoms with Crippen molar-refractivity contribution in [1.29, 1.82) is 5.26 Å². The standard InChI is InChI=1S/C14H15N3O.C2H4O2/c15-9-10-1-5-12(6-2-10)16-13(18)17-14(7-8-14)11-3-4-11;1-2(3)4/h1-2,5-6,11H,3-4,7-8H2,(H2,16,17,18);1H3,(H,3,4). The van der Waals surface area contributed by atoms with Gasteiger partial charge in [-0.3, -0.25) is 4.79 Å². The highest BCUT2D eigenvalue weighted by Gasteiger charge is 2.54. The predicted molar refractivity (Wildman–Crippen MR) is 81.3 cm³/mol. The zero-order chi connectivity index (χ0) is 16.2. The fourth-order valence-electron chi connectivity index (χ4n) is 2.42. The van der Waals surface area contributed by atoms with E-state index in [4.69, 9.17) is 15.2 Å². The SMILES string of the molecule is CC(=O)O.N#Cc1ccc(NC(=O)NC2(C3CC3)CC2)cc1. The number of amides is 2. The van der Waals surface area contributed by atoms with Gasteiger partial charge in [0.05, 0.1) is 11.6 Å². The molecule has 1 aromatic carbocycles. The van der Waals surface area contributed by atoms with Crippen molar-refractivity contribution >= 4 is 17.7 Å². The van der Waals surface area contributed by atoms with Crippen LogP contribution in [0.25, 0.3) is 0 Å². The molecule has 0 radical (unpaired) electrons. The number of hydrogen-bond donors (Lipinski definition) is 3. The van der Waals surface area contributed by atoms with Crippen LogP contribution < -0.4 is 10.6 Å². The van der Waals surface area contributed by atoms with E-state index in [1.807, 2.05) is 0 Å². The van der Waals surface area contributed by atoms with E-state index < -0.39 is 5.97 Å². The summed E-state index contributed by atoms with van der Waals surface area (Å²) in [6, 6.07) is 8.80. The number of nitrogens with one attached hydrogen (secondary N) is 2. The van der Waals surface area contributed by atoms with Crippen molar-refractivity contribution in [3.05, 3.63) is 29.8 Å². The number of nitrogens with zero attached hydrogens (tertiary/aromatic N) is 1. The maximum absolute atomic E-state index is 11.9. The van der Waals surface area contributed by atoms with Crippen LogP contribution >= 0.6 is 0 Å². The topological polar surface area (TPSA) is 102 Å². The largest absolute Gasteiger partial charge is 0.481 e. The molecule has 0 bridgehead atoms. The Labute approximate surface area is 129 Å². The molecule has 2 aliphatic rings. The van der Waals surface area contributed by atoms with E-state index in [-0.39, 0.29) is 11.6 Å². The summed E-state index contributed by atoms with van der Waals surface area (Å²) >= 11 is 0. The highest BCUT2D eigenvalue weighted by molar-refractivity contribution is 5.90. The smallest absolute Gasteiger partial charge is 0.319 e. The number of aliphatic carboxylic acids is 1. The van der Waals surface area contributed by atoms with E-state index in [2.05, 4.69) is 16.7 Å². The summed E-state index contributed by atoms with van der Waals surface area (Å²) in [4.78, 5) is 20.9. The molecule has 2 fully saturated rings. The van der Waals surface area contributed by atoms with Crippen LogP contribution in [-0.2, 0) is 4.79 Å². The number of carbonyl (C=O) groups is 2. The normalized spacial score (nSPS) is 17.3. The van der Waals surface area contributed by atoms with Gasteiger partial charge in [-0.1, -0.05) is 0 Å². The summed E-state index contributed by atoms with van der Waals surface area (Å²) in [6.07, 6.45) is 4.71. The van der Waals surface area contributed by atoms with Crippen LogP contribution in [0.2, 0.25) is 0 Å². The quantitative estimate of drug-likeness (QED) is 0.798. The van der Waals surface area contributed by atoms with Gasteiger partial charge in [0, 0.05) is 18.2 Å². The lowest BCUT2D eigenvalue weighted by atomic mass is 10.1. The molecule has 3 N–H and O–H groups in total. The third-order valence-electron chi connectivity index (χ3n) is 3.78. The monoisotopic (exact) mass is 301 g/mol. The van der Waals surface area contributed by atoms with Crippen molar-refractivity contribution in [3.8, 4) is 6.07 Å². The molecule has 0 aromatic heterocycles. The molecule has 0 unspecified atom stereocenters. The number of nitriles is 1. The average molecular weight is 301 g/mol. The summed E-state index contributed by atoms with van der Waals surface area (Å²) in [6.45, 7) is 1.08. The minimum absolute atomic E-state index is 0.0939. The van der Waals surface area contributed by atoms with Gasteiger partial charge in [-0.2, -0.15) is 5.26 Å². The molecule has 2 saturated carbocycles. The number of anilines is 1. The van der Waals surface area contributed by atoms with Gasteiger partial charge in [0.15, 0.2) is 0 Å². The van der Waals surface area contributed by atoms with Crippen LogP contribution in [0.5, 0.6) is 0 Å². The molecule has 0 atom stereocenters. The van der Waals surface area contributed by atoms with E-state index >= 15 is 0 Å². The summed E-state index contributed by atoms with van der Waals surface area (Å²) in [5, 5.41) is 22.0. The predicted octanol–water partition coefficient (Wildman–Crippen LogP) is 2.71. The van der Waals surface area contributed by atoms with Crippen molar-refractivity contribution < 1.29 is 14.7 Å². The summed E-state index contributed by atoms with van der Waals surface area (Å²) in [5.41, 5.74) is 1.41. The highest BCUT2D eigenvalue weighted by atomic mass is 16.4. The van der Waals surface area contributed by atoms with E-state index in [1.54, 1.807) is 24.3 Å². The molecule has 116 valence electrons. The Morgan fingerprint density at radius 2 is 1.82 bits per heavy atom. The Hall–Kier alpha value is -2.55. The minimum Gasteiger partial charge on any atom is -0.481 e. The second-order valence-corrected chi connectivity index (χ2v) is 5.72. The maximum atomic E-state index is 11.9. The number of hydrogen-bond acceptors (Lipinski definition) is 3. The summed E-state index contributed by atoms with van der Waals surface area (Å²) in [5.74, 6) is -0.135. The molecule has 0 heterocycles. The first-order chi connectivity index (χ1) is 10.4. The Morgan fingerprint density at radius 3 is 2.23 bits per heavy atom. The molecule has 6 heteroatoms. The minimum atomic E-state index is -0.833. The Bertz CT molecular complexity index is 592.